The molecule has 0 aliphatic carbocycles. The van der Waals surface area contributed by atoms with Crippen LogP contribution in [0.5, 0.6) is 0 Å². The Labute approximate surface area is 197 Å². The number of hydrazone groups is 1. The van der Waals surface area contributed by atoms with Gasteiger partial charge in [0.15, 0.2) is 0 Å². The number of nitrogens with one attached hydrogen (secondary N) is 1. The number of benzene rings is 3. The van der Waals surface area contributed by atoms with Crippen molar-refractivity contribution in [3.8, 4) is 0 Å². The second-order valence-corrected chi connectivity index (χ2v) is 10.3. The van der Waals surface area contributed by atoms with Crippen molar-refractivity contribution in [1.29, 1.82) is 0 Å². The molecule has 1 aliphatic rings. The summed E-state index contributed by atoms with van der Waals surface area (Å²) in [7, 11) is 0. The van der Waals surface area contributed by atoms with Crippen LogP contribution in [0.15, 0.2) is 59.7 Å². The maximum atomic E-state index is 12.6. The minimum absolute atomic E-state index is 0.112. The number of rotatable bonds is 5. The monoisotopic (exact) mass is 441 g/mol. The Morgan fingerprint density at radius 3 is 2.67 bits per heavy atom. The molecular formula is C29H35N3O. The van der Waals surface area contributed by atoms with Gasteiger partial charge in [0.2, 0.25) is 5.91 Å². The molecule has 1 heterocycles. The Morgan fingerprint density at radius 1 is 1.18 bits per heavy atom. The normalized spacial score (nSPS) is 17.5. The highest BCUT2D eigenvalue weighted by molar-refractivity contribution is 5.91. The van der Waals surface area contributed by atoms with Crippen molar-refractivity contribution < 1.29 is 4.79 Å². The summed E-state index contributed by atoms with van der Waals surface area (Å²) in [5.74, 6) is 0.359. The second kappa shape index (κ2) is 9.01. The Hall–Kier alpha value is -3.14. The molecule has 172 valence electrons. The summed E-state index contributed by atoms with van der Waals surface area (Å²) >= 11 is 0. The molecule has 4 nitrogen and oxygen atoms in total. The van der Waals surface area contributed by atoms with Crippen LogP contribution in [0.2, 0.25) is 0 Å². The van der Waals surface area contributed by atoms with Gasteiger partial charge in [0, 0.05) is 17.3 Å². The Balaban J connectivity index is 1.52. The molecule has 1 aliphatic heterocycles. The summed E-state index contributed by atoms with van der Waals surface area (Å²) in [5.41, 5.74) is 8.75. The summed E-state index contributed by atoms with van der Waals surface area (Å²) in [6.45, 7) is 13.6. The third kappa shape index (κ3) is 4.66. The lowest BCUT2D eigenvalue weighted by atomic mass is 9.78. The molecular weight excluding hydrogens is 406 g/mol. The molecule has 0 spiro atoms. The Bertz CT molecular complexity index is 1200. The standard InChI is InChI=1S/C29H35N3O/c1-19(2)32-27-14-20(3)24(15-26(27)21(4)17-29(32,5)6)18-30-31-28(33)16-23-12-9-11-22-10-7-8-13-25(22)23/h7-15,18-19,21H,16-17H2,1-6H3,(H,31,33)/b30-18+. The molecule has 0 saturated carbocycles. The number of fused-ring (bicyclic) bond motifs is 2. The molecule has 4 heteroatoms. The van der Waals surface area contributed by atoms with Crippen LogP contribution in [0.25, 0.3) is 10.8 Å². The number of amides is 1. The first-order valence-corrected chi connectivity index (χ1v) is 11.9. The fourth-order valence-electron chi connectivity index (χ4n) is 5.56. The number of nitrogens with zero attached hydrogens (tertiary/aromatic N) is 2. The van der Waals surface area contributed by atoms with E-state index in [0.29, 0.717) is 18.4 Å². The van der Waals surface area contributed by atoms with E-state index in [2.05, 4.69) is 87.3 Å². The first-order chi connectivity index (χ1) is 15.7. The molecule has 0 radical (unpaired) electrons. The fraction of sp³-hybridized carbons (Fsp3) is 0.379. The van der Waals surface area contributed by atoms with Crippen molar-refractivity contribution in [3.63, 3.8) is 0 Å². The van der Waals surface area contributed by atoms with Gasteiger partial charge in [-0.2, -0.15) is 5.10 Å². The Morgan fingerprint density at radius 2 is 1.91 bits per heavy atom. The zero-order valence-corrected chi connectivity index (χ0v) is 20.6. The van der Waals surface area contributed by atoms with E-state index in [0.717, 1.165) is 33.9 Å². The smallest absolute Gasteiger partial charge is 0.244 e. The molecule has 4 rings (SSSR count). The third-order valence-electron chi connectivity index (χ3n) is 6.80. The summed E-state index contributed by atoms with van der Waals surface area (Å²) in [6, 6.07) is 19.2. The van der Waals surface area contributed by atoms with Gasteiger partial charge in [0.1, 0.15) is 0 Å². The lowest BCUT2D eigenvalue weighted by Crippen LogP contribution is -2.51. The predicted octanol–water partition coefficient (Wildman–Crippen LogP) is 6.34. The SMILES string of the molecule is Cc1cc2c(cc1/C=N/NC(=O)Cc1cccc3ccccc13)C(C)CC(C)(C)N2C(C)C. The first-order valence-electron chi connectivity index (χ1n) is 11.9. The molecule has 0 saturated heterocycles. The van der Waals surface area contributed by atoms with Gasteiger partial charge in [-0.25, -0.2) is 5.43 Å². The quantitative estimate of drug-likeness (QED) is 0.371. The van der Waals surface area contributed by atoms with Gasteiger partial charge in [-0.15, -0.1) is 0 Å². The van der Waals surface area contributed by atoms with Crippen molar-refractivity contribution in [2.75, 3.05) is 4.90 Å². The fourth-order valence-corrected chi connectivity index (χ4v) is 5.56. The van der Waals surface area contributed by atoms with Crippen LogP contribution in [-0.4, -0.2) is 23.7 Å². The highest BCUT2D eigenvalue weighted by Crippen LogP contribution is 2.45. The molecule has 33 heavy (non-hydrogen) atoms. The molecule has 1 amide bonds. The van der Waals surface area contributed by atoms with Crippen molar-refractivity contribution in [3.05, 3.63) is 76.9 Å². The van der Waals surface area contributed by atoms with Crippen molar-refractivity contribution in [1.82, 2.24) is 5.43 Å². The van der Waals surface area contributed by atoms with Gasteiger partial charge in [-0.1, -0.05) is 49.4 Å². The maximum Gasteiger partial charge on any atom is 0.244 e. The molecule has 1 N–H and O–H groups in total. The largest absolute Gasteiger partial charge is 0.364 e. The predicted molar refractivity (Wildman–Crippen MR) is 139 cm³/mol. The van der Waals surface area contributed by atoms with Crippen LogP contribution in [0.3, 0.4) is 0 Å². The van der Waals surface area contributed by atoms with Gasteiger partial charge in [0.05, 0.1) is 12.6 Å². The van der Waals surface area contributed by atoms with Crippen molar-refractivity contribution in [2.24, 2.45) is 5.10 Å². The average molecular weight is 442 g/mol. The summed E-state index contributed by atoms with van der Waals surface area (Å²) in [5, 5.41) is 6.55. The summed E-state index contributed by atoms with van der Waals surface area (Å²) in [4.78, 5) is 15.1. The van der Waals surface area contributed by atoms with Gasteiger partial charge in [0.25, 0.3) is 0 Å². The second-order valence-electron chi connectivity index (χ2n) is 10.3. The number of anilines is 1. The minimum atomic E-state index is -0.112. The molecule has 1 unspecified atom stereocenters. The van der Waals surface area contributed by atoms with E-state index in [9.17, 15) is 4.79 Å². The van der Waals surface area contributed by atoms with Crippen LogP contribution < -0.4 is 10.3 Å². The highest BCUT2D eigenvalue weighted by atomic mass is 16.2. The number of hydrogen-bond acceptors (Lipinski definition) is 3. The molecule has 0 fully saturated rings. The van der Waals surface area contributed by atoms with E-state index in [1.165, 1.54) is 11.3 Å². The minimum Gasteiger partial charge on any atom is -0.364 e. The highest BCUT2D eigenvalue weighted by Gasteiger charge is 2.37. The van der Waals surface area contributed by atoms with Gasteiger partial charge < -0.3 is 4.90 Å². The zero-order valence-electron chi connectivity index (χ0n) is 20.6. The van der Waals surface area contributed by atoms with Gasteiger partial charge in [-0.05, 0) is 92.1 Å². The first kappa shape index (κ1) is 23.0. The van der Waals surface area contributed by atoms with E-state index < -0.39 is 0 Å². The Kier molecular flexibility index (Phi) is 6.29. The van der Waals surface area contributed by atoms with Gasteiger partial charge in [-0.3, -0.25) is 4.79 Å². The molecule has 0 aromatic heterocycles. The maximum absolute atomic E-state index is 12.6. The lowest BCUT2D eigenvalue weighted by molar-refractivity contribution is -0.120. The average Bonchev–Trinajstić information content (AvgIpc) is 2.74. The van der Waals surface area contributed by atoms with Crippen LogP contribution in [0, 0.1) is 6.92 Å². The topological polar surface area (TPSA) is 44.7 Å². The van der Waals surface area contributed by atoms with Crippen LogP contribution >= 0.6 is 0 Å². The summed E-state index contributed by atoms with van der Waals surface area (Å²) in [6.07, 6.45) is 3.19. The van der Waals surface area contributed by atoms with Crippen LogP contribution in [-0.2, 0) is 11.2 Å². The molecule has 3 aromatic rings. The van der Waals surface area contributed by atoms with E-state index in [4.69, 9.17) is 0 Å². The molecule has 0 bridgehead atoms. The molecule has 3 aromatic carbocycles. The van der Waals surface area contributed by atoms with Crippen molar-refractivity contribution >= 4 is 28.6 Å². The molecule has 1 atom stereocenters. The number of aryl methyl sites for hydroxylation is 1. The summed E-state index contributed by atoms with van der Waals surface area (Å²) < 4.78 is 0. The van der Waals surface area contributed by atoms with E-state index >= 15 is 0 Å². The van der Waals surface area contributed by atoms with Gasteiger partial charge >= 0.3 is 0 Å². The van der Waals surface area contributed by atoms with Crippen molar-refractivity contribution in [2.45, 2.75) is 71.9 Å². The van der Waals surface area contributed by atoms with E-state index in [1.807, 2.05) is 24.3 Å². The number of hydrogen-bond donors (Lipinski definition) is 1. The zero-order chi connectivity index (χ0) is 23.8. The van der Waals surface area contributed by atoms with E-state index in [1.54, 1.807) is 6.21 Å². The van der Waals surface area contributed by atoms with E-state index in [-0.39, 0.29) is 11.4 Å². The number of carbonyl (C=O) groups is 1. The van der Waals surface area contributed by atoms with Crippen LogP contribution in [0.4, 0.5) is 5.69 Å². The lowest BCUT2D eigenvalue weighted by Gasteiger charge is -2.50. The number of carbonyl (C=O) groups excluding carboxylic acids is 1. The van der Waals surface area contributed by atoms with Crippen LogP contribution in [0.1, 0.15) is 69.2 Å². The third-order valence-corrected chi connectivity index (χ3v) is 6.80.